The Hall–Kier alpha value is -0.188. The summed E-state index contributed by atoms with van der Waals surface area (Å²) in [6.07, 6.45) is 0. The Morgan fingerprint density at radius 3 is 2.64 bits per heavy atom. The molecule has 1 aromatic rings. The van der Waals surface area contributed by atoms with E-state index in [1.54, 1.807) is 6.07 Å². The van der Waals surface area contributed by atoms with Gasteiger partial charge < -0.3 is 4.79 Å². The number of ketones is 1. The summed E-state index contributed by atoms with van der Waals surface area (Å²) in [6.45, 7) is 5.17. The molecule has 0 bridgehead atoms. The van der Waals surface area contributed by atoms with Gasteiger partial charge in [-0.1, -0.05) is 12.7 Å². The van der Waals surface area contributed by atoms with E-state index in [-0.39, 0.29) is 36.9 Å². The van der Waals surface area contributed by atoms with Crippen molar-refractivity contribution in [2.45, 2.75) is 6.92 Å². The predicted octanol–water partition coefficient (Wildman–Crippen LogP) is 1.81. The molecule has 0 aromatic heterocycles. The van der Waals surface area contributed by atoms with E-state index >= 15 is 0 Å². The van der Waals surface area contributed by atoms with Crippen molar-refractivity contribution in [2.75, 3.05) is 0 Å². The normalized spacial score (nSPS) is 8.45. The summed E-state index contributed by atoms with van der Waals surface area (Å²) in [5.41, 5.74) is 1.52. The van der Waals surface area contributed by atoms with Crippen molar-refractivity contribution in [1.82, 2.24) is 0 Å². The molecule has 0 heterocycles. The van der Waals surface area contributed by atoms with Gasteiger partial charge in [0.2, 0.25) is 0 Å². The molecule has 0 radical (unpaired) electrons. The molecule has 1 aromatic carbocycles. The van der Waals surface area contributed by atoms with Crippen LogP contribution in [0.15, 0.2) is 18.2 Å². The second-order valence-corrected chi connectivity index (χ2v) is 2.15. The Labute approximate surface area is 90.6 Å². The van der Waals surface area contributed by atoms with Crippen molar-refractivity contribution in [2.24, 2.45) is 0 Å². The van der Waals surface area contributed by atoms with E-state index in [9.17, 15) is 4.79 Å². The summed E-state index contributed by atoms with van der Waals surface area (Å²) in [7, 11) is 0. The van der Waals surface area contributed by atoms with E-state index in [0.717, 1.165) is 5.56 Å². The average Bonchev–Trinajstić information content (AvgIpc) is 1.88. The van der Waals surface area contributed by atoms with Crippen molar-refractivity contribution < 1.29 is 35.9 Å². The van der Waals surface area contributed by atoms with Crippen LogP contribution < -0.4 is 0 Å². The number of carbonyl (C=O) groups excluding carboxylic acids is 1. The van der Waals surface area contributed by atoms with E-state index in [2.05, 4.69) is 13.0 Å². The smallest absolute Gasteiger partial charge is 0.389 e. The maximum Gasteiger partial charge on any atom is 2.00 e. The van der Waals surface area contributed by atoms with Gasteiger partial charge in [0.05, 0.1) is 0 Å². The van der Waals surface area contributed by atoms with E-state index in [1.165, 1.54) is 0 Å². The van der Waals surface area contributed by atoms with E-state index in [4.69, 9.17) is 0 Å². The summed E-state index contributed by atoms with van der Waals surface area (Å²) in [4.78, 5) is 10.7. The van der Waals surface area contributed by atoms with Crippen LogP contribution in [0.25, 0.3) is 0 Å². The molecule has 1 rings (SSSR count). The van der Waals surface area contributed by atoms with Crippen LogP contribution in [0.2, 0.25) is 0 Å². The standard InChI is InChI=1S/C9H8O.U/c1-7-5-3-4-6-9(7)8(2)10;/h3-5H,2H2,1H3;/q-2;+2. The zero-order valence-electron chi connectivity index (χ0n) is 6.35. The van der Waals surface area contributed by atoms with Crippen molar-refractivity contribution in [3.63, 3.8) is 0 Å². The summed E-state index contributed by atoms with van der Waals surface area (Å²) in [5, 5.41) is 0. The molecule has 11 heavy (non-hydrogen) atoms. The minimum absolute atomic E-state index is 0. The predicted molar refractivity (Wildman–Crippen MR) is 39.7 cm³/mol. The summed E-state index contributed by atoms with van der Waals surface area (Å²) in [6, 6.07) is 8.26. The van der Waals surface area contributed by atoms with Crippen LogP contribution in [0.5, 0.6) is 0 Å². The summed E-state index contributed by atoms with van der Waals surface area (Å²) >= 11 is 0. The molecule has 0 aliphatic rings. The van der Waals surface area contributed by atoms with Crippen LogP contribution in [-0.4, -0.2) is 5.78 Å². The molecule has 0 fully saturated rings. The SMILES string of the molecule is [CH2-]C(=O)c1[c-]cccc1C.[U+2]. The van der Waals surface area contributed by atoms with E-state index in [1.807, 2.05) is 19.1 Å². The first-order chi connectivity index (χ1) is 4.72. The zero-order chi connectivity index (χ0) is 7.56. The molecule has 54 valence electrons. The Bertz CT molecular complexity index is 255. The number of benzene rings is 1. The van der Waals surface area contributed by atoms with E-state index < -0.39 is 0 Å². The number of aryl methyl sites for hydroxylation is 1. The van der Waals surface area contributed by atoms with Gasteiger partial charge in [0.1, 0.15) is 0 Å². The van der Waals surface area contributed by atoms with Crippen molar-refractivity contribution >= 4 is 5.78 Å². The maximum atomic E-state index is 10.7. The van der Waals surface area contributed by atoms with Crippen LogP contribution in [0.3, 0.4) is 0 Å². The Kier molecular flexibility index (Phi) is 4.56. The third-order valence-electron chi connectivity index (χ3n) is 1.34. The minimum atomic E-state index is -0.168. The van der Waals surface area contributed by atoms with Gasteiger partial charge in [-0.25, -0.2) is 18.6 Å². The van der Waals surface area contributed by atoms with Crippen molar-refractivity contribution in [1.29, 1.82) is 0 Å². The Balaban J connectivity index is 0.000001000. The van der Waals surface area contributed by atoms with Crippen LogP contribution >= 0.6 is 0 Å². The number of hydrogen-bond donors (Lipinski definition) is 0. The molecule has 0 N–H and O–H groups in total. The van der Waals surface area contributed by atoms with Gasteiger partial charge in [-0.3, -0.25) is 5.56 Å². The first-order valence-corrected chi connectivity index (χ1v) is 3.05. The summed E-state index contributed by atoms with van der Waals surface area (Å²) < 4.78 is 0. The van der Waals surface area contributed by atoms with Gasteiger partial charge in [-0.2, -0.15) is 12.1 Å². The molecule has 0 spiro atoms. The Morgan fingerprint density at radius 2 is 2.27 bits per heavy atom. The van der Waals surface area contributed by atoms with Crippen molar-refractivity contribution in [3.05, 3.63) is 42.3 Å². The molecule has 0 saturated heterocycles. The Morgan fingerprint density at radius 1 is 1.64 bits per heavy atom. The second-order valence-electron chi connectivity index (χ2n) is 2.15. The van der Waals surface area contributed by atoms with E-state index in [0.29, 0.717) is 5.56 Å². The molecule has 2 heteroatoms. The maximum absolute atomic E-state index is 10.7. The first kappa shape index (κ1) is 10.8. The summed E-state index contributed by atoms with van der Waals surface area (Å²) in [5.74, 6) is -0.168. The largest absolute Gasteiger partial charge is 2.00 e. The van der Waals surface area contributed by atoms with Crippen LogP contribution in [0.4, 0.5) is 0 Å². The van der Waals surface area contributed by atoms with Crippen LogP contribution in [-0.2, 0) is 0 Å². The molecule has 1 nitrogen and oxygen atoms in total. The number of rotatable bonds is 1. The van der Waals surface area contributed by atoms with Gasteiger partial charge in [-0.15, -0.1) is 6.07 Å². The molecule has 0 aliphatic heterocycles. The quantitative estimate of drug-likeness (QED) is 0.545. The molecular formula is C9H8OU. The van der Waals surface area contributed by atoms with Crippen molar-refractivity contribution in [3.8, 4) is 0 Å². The number of carbonyl (C=O) groups is 1. The van der Waals surface area contributed by atoms with Gasteiger partial charge >= 0.3 is 31.1 Å². The molecule has 0 amide bonds. The average molecular weight is 370 g/mol. The fraction of sp³-hybridized carbons (Fsp3) is 0.111. The first-order valence-electron chi connectivity index (χ1n) is 3.05. The number of hydrogen-bond acceptors (Lipinski definition) is 1. The van der Waals surface area contributed by atoms with Crippen LogP contribution in [0.1, 0.15) is 15.9 Å². The monoisotopic (exact) mass is 370 g/mol. The number of Topliss-reactive ketones (excluding diaryl/α,β-unsaturated/α-hetero) is 1. The zero-order valence-corrected chi connectivity index (χ0v) is 10.5. The fourth-order valence-electron chi connectivity index (χ4n) is 0.821. The fourth-order valence-corrected chi connectivity index (χ4v) is 0.821. The van der Waals surface area contributed by atoms with Gasteiger partial charge in [0.15, 0.2) is 0 Å². The third kappa shape index (κ3) is 2.73. The molecule has 0 unspecified atom stereocenters. The van der Waals surface area contributed by atoms with Gasteiger partial charge in [-0.05, 0) is 0 Å². The molecule has 0 aliphatic carbocycles. The van der Waals surface area contributed by atoms with Gasteiger partial charge in [0, 0.05) is 0 Å². The molecule has 0 saturated carbocycles. The second kappa shape index (κ2) is 4.64. The third-order valence-corrected chi connectivity index (χ3v) is 1.34. The van der Waals surface area contributed by atoms with Gasteiger partial charge in [0.25, 0.3) is 0 Å². The molecule has 0 atom stereocenters. The topological polar surface area (TPSA) is 17.1 Å². The molecular weight excluding hydrogens is 362 g/mol. The van der Waals surface area contributed by atoms with Crippen LogP contribution in [0, 0.1) is 51.0 Å². The minimum Gasteiger partial charge on any atom is -0.389 e.